The van der Waals surface area contributed by atoms with Crippen molar-refractivity contribution in [3.8, 4) is 0 Å². The van der Waals surface area contributed by atoms with Gasteiger partial charge in [0, 0.05) is 17.5 Å². The van der Waals surface area contributed by atoms with Crippen molar-refractivity contribution in [3.05, 3.63) is 0 Å². The van der Waals surface area contributed by atoms with Gasteiger partial charge in [-0.3, -0.25) is 11.3 Å². The minimum atomic E-state index is 0.315. The zero-order valence-electron chi connectivity index (χ0n) is 8.29. The number of rotatable bonds is 5. The molecule has 1 aliphatic rings. The van der Waals surface area contributed by atoms with Crippen molar-refractivity contribution >= 4 is 11.8 Å². The van der Waals surface area contributed by atoms with Crippen LogP contribution in [-0.2, 0) is 4.74 Å². The van der Waals surface area contributed by atoms with Crippen molar-refractivity contribution < 1.29 is 4.74 Å². The van der Waals surface area contributed by atoms with Crippen molar-refractivity contribution in [3.63, 3.8) is 0 Å². The van der Waals surface area contributed by atoms with Gasteiger partial charge in [0.2, 0.25) is 0 Å². The molecule has 4 heteroatoms. The number of unbranched alkanes of at least 4 members (excludes halogenated alkanes) is 1. The van der Waals surface area contributed by atoms with Crippen molar-refractivity contribution in [1.82, 2.24) is 5.43 Å². The lowest BCUT2D eigenvalue weighted by molar-refractivity contribution is 0.0442. The molecule has 0 aromatic heterocycles. The maximum atomic E-state index is 5.66. The molecule has 0 spiro atoms. The van der Waals surface area contributed by atoms with E-state index in [1.807, 2.05) is 11.8 Å². The highest BCUT2D eigenvalue weighted by molar-refractivity contribution is 7.99. The Hall–Kier alpha value is 0.230. The van der Waals surface area contributed by atoms with Crippen molar-refractivity contribution in [2.45, 2.75) is 38.3 Å². The predicted octanol–water partition coefficient (Wildman–Crippen LogP) is 1.14. The Labute approximate surface area is 84.7 Å². The maximum Gasteiger partial charge on any atom is 0.0832 e. The topological polar surface area (TPSA) is 47.3 Å². The van der Waals surface area contributed by atoms with Gasteiger partial charge < -0.3 is 4.74 Å². The number of hydrazine groups is 1. The Kier molecular flexibility index (Phi) is 5.78. The standard InChI is InChI=1S/C9H20N2OS/c1-2-3-4-8(11-10)9-7-13-6-5-12-9/h8-9,11H,2-7,10H2,1H3. The molecule has 0 saturated carbocycles. The van der Waals surface area contributed by atoms with Crippen LogP contribution < -0.4 is 11.3 Å². The summed E-state index contributed by atoms with van der Waals surface area (Å²) in [5.41, 5.74) is 2.87. The zero-order valence-corrected chi connectivity index (χ0v) is 9.11. The van der Waals surface area contributed by atoms with E-state index in [1.54, 1.807) is 0 Å². The summed E-state index contributed by atoms with van der Waals surface area (Å²) in [6.07, 6.45) is 3.88. The minimum Gasteiger partial charge on any atom is -0.375 e. The summed E-state index contributed by atoms with van der Waals surface area (Å²) in [6.45, 7) is 3.07. The predicted molar refractivity (Wildman–Crippen MR) is 57.7 cm³/mol. The molecule has 78 valence electrons. The van der Waals surface area contributed by atoms with Gasteiger partial charge in [0.25, 0.3) is 0 Å². The highest BCUT2D eigenvalue weighted by atomic mass is 32.2. The summed E-state index contributed by atoms with van der Waals surface area (Å²) in [5, 5.41) is 0. The molecule has 0 radical (unpaired) electrons. The molecule has 2 atom stereocenters. The number of ether oxygens (including phenoxy) is 1. The molecule has 3 N–H and O–H groups in total. The highest BCUT2D eigenvalue weighted by Gasteiger charge is 2.22. The molecule has 0 bridgehead atoms. The first-order chi connectivity index (χ1) is 6.38. The first kappa shape index (κ1) is 11.3. The van der Waals surface area contributed by atoms with E-state index in [0.717, 1.165) is 24.5 Å². The molecule has 1 saturated heterocycles. The zero-order chi connectivity index (χ0) is 9.52. The van der Waals surface area contributed by atoms with Crippen LogP contribution in [-0.4, -0.2) is 30.3 Å². The lowest BCUT2D eigenvalue weighted by Gasteiger charge is -2.29. The monoisotopic (exact) mass is 204 g/mol. The number of nitrogens with two attached hydrogens (primary N) is 1. The van der Waals surface area contributed by atoms with Crippen molar-refractivity contribution in [1.29, 1.82) is 0 Å². The molecule has 1 fully saturated rings. The largest absolute Gasteiger partial charge is 0.375 e. The molecule has 1 rings (SSSR count). The van der Waals surface area contributed by atoms with Gasteiger partial charge in [-0.1, -0.05) is 19.8 Å². The van der Waals surface area contributed by atoms with E-state index < -0.39 is 0 Å². The van der Waals surface area contributed by atoms with E-state index in [9.17, 15) is 0 Å². The van der Waals surface area contributed by atoms with Crippen LogP contribution in [0.2, 0.25) is 0 Å². The van der Waals surface area contributed by atoms with Crippen LogP contribution in [0.15, 0.2) is 0 Å². The Morgan fingerprint density at radius 2 is 2.54 bits per heavy atom. The SMILES string of the molecule is CCCCC(NN)C1CSCCO1. The molecule has 1 aliphatic heterocycles. The van der Waals surface area contributed by atoms with Crippen LogP contribution in [0.25, 0.3) is 0 Å². The van der Waals surface area contributed by atoms with E-state index >= 15 is 0 Å². The summed E-state index contributed by atoms with van der Waals surface area (Å²) in [7, 11) is 0. The van der Waals surface area contributed by atoms with Crippen LogP contribution >= 0.6 is 11.8 Å². The third-order valence-electron chi connectivity index (χ3n) is 2.37. The Morgan fingerprint density at radius 1 is 1.69 bits per heavy atom. The lowest BCUT2D eigenvalue weighted by Crippen LogP contribution is -2.47. The quantitative estimate of drug-likeness (QED) is 0.521. The van der Waals surface area contributed by atoms with Crippen molar-refractivity contribution in [2.24, 2.45) is 5.84 Å². The Morgan fingerprint density at radius 3 is 3.08 bits per heavy atom. The van der Waals surface area contributed by atoms with Crippen molar-refractivity contribution in [2.75, 3.05) is 18.1 Å². The van der Waals surface area contributed by atoms with Gasteiger partial charge >= 0.3 is 0 Å². The second-order valence-electron chi connectivity index (χ2n) is 3.40. The highest BCUT2D eigenvalue weighted by Crippen LogP contribution is 2.17. The van der Waals surface area contributed by atoms with Gasteiger partial charge in [-0.05, 0) is 6.42 Å². The van der Waals surface area contributed by atoms with Gasteiger partial charge in [-0.25, -0.2) is 0 Å². The second-order valence-corrected chi connectivity index (χ2v) is 4.55. The molecule has 3 nitrogen and oxygen atoms in total. The second kappa shape index (κ2) is 6.65. The van der Waals surface area contributed by atoms with E-state index in [4.69, 9.17) is 10.6 Å². The number of nitrogens with one attached hydrogen (secondary N) is 1. The third-order valence-corrected chi connectivity index (χ3v) is 3.39. The van der Waals surface area contributed by atoms with Crippen LogP contribution in [0.1, 0.15) is 26.2 Å². The normalized spacial score (nSPS) is 25.8. The molecular formula is C9H20N2OS. The molecular weight excluding hydrogens is 184 g/mol. The first-order valence-corrected chi connectivity index (χ1v) is 6.19. The molecule has 0 amide bonds. The lowest BCUT2D eigenvalue weighted by atomic mass is 10.1. The van der Waals surface area contributed by atoms with E-state index in [-0.39, 0.29) is 0 Å². The Bertz CT molecular complexity index is 129. The van der Waals surface area contributed by atoms with E-state index in [0.29, 0.717) is 12.1 Å². The first-order valence-electron chi connectivity index (χ1n) is 5.04. The molecule has 13 heavy (non-hydrogen) atoms. The summed E-state index contributed by atoms with van der Waals surface area (Å²) in [6, 6.07) is 0.341. The van der Waals surface area contributed by atoms with Gasteiger partial charge in [-0.15, -0.1) is 0 Å². The fraction of sp³-hybridized carbons (Fsp3) is 1.00. The minimum absolute atomic E-state index is 0.315. The average Bonchev–Trinajstić information content (AvgIpc) is 2.21. The molecule has 0 aromatic carbocycles. The van der Waals surface area contributed by atoms with Crippen LogP contribution in [0.4, 0.5) is 0 Å². The molecule has 2 unspecified atom stereocenters. The maximum absolute atomic E-state index is 5.66. The van der Waals surface area contributed by atoms with E-state index in [1.165, 1.54) is 12.8 Å². The third kappa shape index (κ3) is 3.85. The van der Waals surface area contributed by atoms with Gasteiger partial charge in [0.05, 0.1) is 12.7 Å². The average molecular weight is 204 g/mol. The van der Waals surface area contributed by atoms with Gasteiger partial charge in [-0.2, -0.15) is 11.8 Å². The molecule has 1 heterocycles. The number of hydrogen-bond donors (Lipinski definition) is 2. The van der Waals surface area contributed by atoms with Crippen LogP contribution in [0.5, 0.6) is 0 Å². The summed E-state index contributed by atoms with van der Waals surface area (Å²) in [5.74, 6) is 7.71. The van der Waals surface area contributed by atoms with Crippen LogP contribution in [0.3, 0.4) is 0 Å². The summed E-state index contributed by atoms with van der Waals surface area (Å²) >= 11 is 1.96. The summed E-state index contributed by atoms with van der Waals surface area (Å²) in [4.78, 5) is 0. The smallest absolute Gasteiger partial charge is 0.0832 e. The molecule has 0 aliphatic carbocycles. The fourth-order valence-corrected chi connectivity index (χ4v) is 2.48. The fourth-order valence-electron chi connectivity index (χ4n) is 1.54. The van der Waals surface area contributed by atoms with E-state index in [2.05, 4.69) is 12.3 Å². The van der Waals surface area contributed by atoms with Gasteiger partial charge in [0.15, 0.2) is 0 Å². The number of thioether (sulfide) groups is 1. The Balaban J connectivity index is 2.26. The molecule has 0 aromatic rings. The van der Waals surface area contributed by atoms with Gasteiger partial charge in [0.1, 0.15) is 0 Å². The summed E-state index contributed by atoms with van der Waals surface area (Å²) < 4.78 is 5.66. The number of hydrogen-bond acceptors (Lipinski definition) is 4. The van der Waals surface area contributed by atoms with Crippen LogP contribution in [0, 0.1) is 0 Å².